The fourth-order valence-electron chi connectivity index (χ4n) is 2.86. The number of carbonyl (C=O) groups excluding carboxylic acids is 1. The Balaban J connectivity index is 2.33. The number of nitro benzene ring substituents is 1. The Kier molecular flexibility index (Phi) is 4.74. The van der Waals surface area contributed by atoms with Gasteiger partial charge in [-0.25, -0.2) is 0 Å². The number of aryl methyl sites for hydroxylation is 1. The van der Waals surface area contributed by atoms with Gasteiger partial charge in [0.1, 0.15) is 0 Å². The Hall–Kier alpha value is -2.65. The fourth-order valence-corrected chi connectivity index (χ4v) is 2.86. The number of hydrogen-bond acceptors (Lipinski definition) is 4. The number of halogens is 3. The van der Waals surface area contributed by atoms with Crippen LogP contribution in [0.5, 0.6) is 0 Å². The number of aliphatic carboxylic acids is 1. The summed E-state index contributed by atoms with van der Waals surface area (Å²) in [7, 11) is 0. The normalized spacial score (nSPS) is 20.6. The molecule has 1 N–H and O–H groups in total. The highest BCUT2D eigenvalue weighted by Gasteiger charge is 2.64. The van der Waals surface area contributed by atoms with Crippen LogP contribution in [0.15, 0.2) is 18.2 Å². The van der Waals surface area contributed by atoms with Crippen LogP contribution in [-0.4, -0.2) is 46.1 Å². The Morgan fingerprint density at radius 1 is 1.40 bits per heavy atom. The standard InChI is InChI=1S/C15H15F3N2O5/c1-2-9-3-4-10(7-11(9)20(24)25)12(21)19-6-5-14(8-19,13(22)23)15(16,17)18/h3-4,7H,2,5-6,8H2,1H3,(H,22,23). The van der Waals surface area contributed by atoms with Gasteiger partial charge in [-0.2, -0.15) is 13.2 Å². The van der Waals surface area contributed by atoms with E-state index >= 15 is 0 Å². The molecule has 10 heteroatoms. The minimum atomic E-state index is -5.01. The molecule has 1 heterocycles. The van der Waals surface area contributed by atoms with Gasteiger partial charge < -0.3 is 10.0 Å². The number of carboxylic acid groups (broad SMARTS) is 1. The van der Waals surface area contributed by atoms with Crippen LogP contribution in [0.3, 0.4) is 0 Å². The summed E-state index contributed by atoms with van der Waals surface area (Å²) in [4.78, 5) is 34.7. The van der Waals surface area contributed by atoms with Crippen LogP contribution in [0.1, 0.15) is 29.3 Å². The number of benzene rings is 1. The molecule has 25 heavy (non-hydrogen) atoms. The third-order valence-electron chi connectivity index (χ3n) is 4.42. The number of likely N-dealkylation sites (tertiary alicyclic amines) is 1. The summed E-state index contributed by atoms with van der Waals surface area (Å²) in [6, 6.07) is 3.67. The topological polar surface area (TPSA) is 101 Å². The molecule has 1 unspecified atom stereocenters. The molecule has 0 radical (unpaired) electrons. The summed E-state index contributed by atoms with van der Waals surface area (Å²) in [5.41, 5.74) is -3.07. The van der Waals surface area contributed by atoms with Crippen LogP contribution in [-0.2, 0) is 11.2 Å². The van der Waals surface area contributed by atoms with E-state index in [9.17, 15) is 32.9 Å². The van der Waals surface area contributed by atoms with Gasteiger partial charge in [-0.15, -0.1) is 0 Å². The third-order valence-corrected chi connectivity index (χ3v) is 4.42. The van der Waals surface area contributed by atoms with Crippen molar-refractivity contribution in [3.63, 3.8) is 0 Å². The van der Waals surface area contributed by atoms with E-state index in [-0.39, 0.29) is 11.3 Å². The van der Waals surface area contributed by atoms with E-state index in [1.165, 1.54) is 12.1 Å². The quantitative estimate of drug-likeness (QED) is 0.657. The Bertz CT molecular complexity index is 734. The molecular formula is C15H15F3N2O5. The Morgan fingerprint density at radius 3 is 2.48 bits per heavy atom. The number of nitro groups is 1. The minimum absolute atomic E-state index is 0.146. The van der Waals surface area contributed by atoms with Gasteiger partial charge in [0.05, 0.1) is 4.92 Å². The summed E-state index contributed by atoms with van der Waals surface area (Å²) < 4.78 is 39.5. The van der Waals surface area contributed by atoms with E-state index in [4.69, 9.17) is 5.11 Å². The van der Waals surface area contributed by atoms with Crippen molar-refractivity contribution < 1.29 is 32.8 Å². The van der Waals surface area contributed by atoms with Crippen LogP contribution >= 0.6 is 0 Å². The van der Waals surface area contributed by atoms with Crippen molar-refractivity contribution in [3.05, 3.63) is 39.4 Å². The molecule has 1 aliphatic heterocycles. The highest BCUT2D eigenvalue weighted by atomic mass is 19.4. The molecule has 0 saturated carbocycles. The second-order valence-corrected chi connectivity index (χ2v) is 5.82. The number of rotatable bonds is 4. The van der Waals surface area contributed by atoms with E-state index < -0.39 is 47.9 Å². The summed E-state index contributed by atoms with van der Waals surface area (Å²) in [6.45, 7) is 0.275. The number of nitrogens with zero attached hydrogens (tertiary/aromatic N) is 2. The van der Waals surface area contributed by atoms with Crippen LogP contribution in [0.4, 0.5) is 18.9 Å². The van der Waals surface area contributed by atoms with Crippen molar-refractivity contribution >= 4 is 17.6 Å². The van der Waals surface area contributed by atoms with Crippen molar-refractivity contribution in [2.24, 2.45) is 5.41 Å². The zero-order chi connectivity index (χ0) is 19.0. The van der Waals surface area contributed by atoms with E-state index in [2.05, 4.69) is 0 Å². The Morgan fingerprint density at radius 2 is 2.04 bits per heavy atom. The molecule has 1 aromatic rings. The monoisotopic (exact) mass is 360 g/mol. The van der Waals surface area contributed by atoms with E-state index in [1.54, 1.807) is 6.92 Å². The lowest BCUT2D eigenvalue weighted by molar-refractivity contribution is -0.385. The van der Waals surface area contributed by atoms with Crippen molar-refractivity contribution in [3.8, 4) is 0 Å². The van der Waals surface area contributed by atoms with Crippen molar-refractivity contribution in [2.75, 3.05) is 13.1 Å². The van der Waals surface area contributed by atoms with Gasteiger partial charge in [0.2, 0.25) is 0 Å². The predicted molar refractivity (Wildman–Crippen MR) is 79.1 cm³/mol. The average Bonchev–Trinajstić information content (AvgIpc) is 3.00. The molecule has 1 aliphatic rings. The van der Waals surface area contributed by atoms with Gasteiger partial charge in [0.25, 0.3) is 11.6 Å². The second-order valence-electron chi connectivity index (χ2n) is 5.82. The first-order valence-electron chi connectivity index (χ1n) is 7.40. The molecule has 136 valence electrons. The summed E-state index contributed by atoms with van der Waals surface area (Å²) in [5, 5.41) is 20.1. The number of carboxylic acids is 1. The zero-order valence-corrected chi connectivity index (χ0v) is 13.2. The lowest BCUT2D eigenvalue weighted by Gasteiger charge is -2.27. The molecule has 7 nitrogen and oxygen atoms in total. The van der Waals surface area contributed by atoms with Gasteiger partial charge in [-0.05, 0) is 18.9 Å². The average molecular weight is 360 g/mol. The van der Waals surface area contributed by atoms with Crippen LogP contribution in [0.25, 0.3) is 0 Å². The summed E-state index contributed by atoms with van der Waals surface area (Å²) in [5.74, 6) is -2.90. The first-order chi connectivity index (χ1) is 11.5. The minimum Gasteiger partial charge on any atom is -0.481 e. The highest BCUT2D eigenvalue weighted by Crippen LogP contribution is 2.46. The maximum absolute atomic E-state index is 13.2. The molecule has 1 saturated heterocycles. The SMILES string of the molecule is CCc1ccc(C(=O)N2CCC(C(=O)O)(C(F)(F)F)C2)cc1[N+](=O)[O-]. The molecule has 1 fully saturated rings. The first-order valence-corrected chi connectivity index (χ1v) is 7.40. The highest BCUT2D eigenvalue weighted by molar-refractivity contribution is 5.96. The van der Waals surface area contributed by atoms with Crippen LogP contribution in [0.2, 0.25) is 0 Å². The number of amides is 1. The molecular weight excluding hydrogens is 345 g/mol. The maximum atomic E-state index is 13.2. The maximum Gasteiger partial charge on any atom is 0.406 e. The van der Waals surface area contributed by atoms with E-state index in [0.29, 0.717) is 12.0 Å². The van der Waals surface area contributed by atoms with Gasteiger partial charge in [-0.1, -0.05) is 13.0 Å². The van der Waals surface area contributed by atoms with Crippen LogP contribution in [0, 0.1) is 15.5 Å². The van der Waals surface area contributed by atoms with Gasteiger partial charge in [-0.3, -0.25) is 19.7 Å². The van der Waals surface area contributed by atoms with E-state index in [0.717, 1.165) is 11.0 Å². The number of carbonyl (C=O) groups is 2. The fraction of sp³-hybridized carbons (Fsp3) is 0.467. The largest absolute Gasteiger partial charge is 0.481 e. The molecule has 0 spiro atoms. The lowest BCUT2D eigenvalue weighted by atomic mass is 9.86. The molecule has 1 atom stereocenters. The van der Waals surface area contributed by atoms with Gasteiger partial charge >= 0.3 is 12.1 Å². The van der Waals surface area contributed by atoms with E-state index in [1.807, 2.05) is 0 Å². The van der Waals surface area contributed by atoms with Crippen LogP contribution < -0.4 is 0 Å². The van der Waals surface area contributed by atoms with Crippen molar-refractivity contribution in [1.29, 1.82) is 0 Å². The smallest absolute Gasteiger partial charge is 0.406 e. The summed E-state index contributed by atoms with van der Waals surface area (Å²) >= 11 is 0. The molecule has 0 aliphatic carbocycles. The molecule has 2 rings (SSSR count). The summed E-state index contributed by atoms with van der Waals surface area (Å²) in [6.07, 6.45) is -5.41. The van der Waals surface area contributed by atoms with Gasteiger partial charge in [0.15, 0.2) is 5.41 Å². The Labute approximate surface area is 140 Å². The van der Waals surface area contributed by atoms with Crippen molar-refractivity contribution in [2.45, 2.75) is 25.9 Å². The molecule has 0 bridgehead atoms. The number of alkyl halides is 3. The second kappa shape index (κ2) is 6.34. The third kappa shape index (κ3) is 3.15. The first kappa shape index (κ1) is 18.7. The molecule has 1 amide bonds. The molecule has 1 aromatic carbocycles. The van der Waals surface area contributed by atoms with Gasteiger partial charge in [0, 0.05) is 30.3 Å². The lowest BCUT2D eigenvalue weighted by Crippen LogP contribution is -2.47. The predicted octanol–water partition coefficient (Wildman–Crippen LogP) is 2.64. The number of hydrogen-bond donors (Lipinski definition) is 1. The van der Waals surface area contributed by atoms with Crippen molar-refractivity contribution in [1.82, 2.24) is 4.90 Å². The zero-order valence-electron chi connectivity index (χ0n) is 13.2. The molecule has 0 aromatic heterocycles.